The predicted molar refractivity (Wildman–Crippen MR) is 99.3 cm³/mol. The summed E-state index contributed by atoms with van der Waals surface area (Å²) in [5.41, 5.74) is 0.724. The lowest BCUT2D eigenvalue weighted by Gasteiger charge is -2.34. The van der Waals surface area contributed by atoms with Crippen molar-refractivity contribution in [1.82, 2.24) is 14.9 Å². The molecule has 8 heteroatoms. The number of aryl methyl sites for hydroxylation is 1. The minimum atomic E-state index is 0.283. The first-order valence-corrected chi connectivity index (χ1v) is 9.18. The van der Waals surface area contributed by atoms with E-state index in [4.69, 9.17) is 16.3 Å². The Kier molecular flexibility index (Phi) is 5.89. The van der Waals surface area contributed by atoms with E-state index in [1.165, 1.54) is 16.1 Å². The zero-order valence-corrected chi connectivity index (χ0v) is 15.5. The molecule has 3 rings (SSSR count). The van der Waals surface area contributed by atoms with Gasteiger partial charge < -0.3 is 15.4 Å². The maximum atomic E-state index is 6.14. The number of halogens is 1. The van der Waals surface area contributed by atoms with E-state index in [0.717, 1.165) is 44.4 Å². The van der Waals surface area contributed by atoms with E-state index in [2.05, 4.69) is 44.6 Å². The molecule has 0 aliphatic carbocycles. The number of morpholine rings is 1. The first-order chi connectivity index (χ1) is 11.7. The number of anilines is 2. The smallest absolute Gasteiger partial charge is 0.157 e. The van der Waals surface area contributed by atoms with Gasteiger partial charge in [0.25, 0.3) is 0 Å². The SMILES string of the molecule is CNc1c(Cl)ncnc1NCC(c1ccc(C)s1)N1CCOCC1. The molecule has 3 heterocycles. The Hall–Kier alpha value is -1.41. The first kappa shape index (κ1) is 17.4. The van der Waals surface area contributed by atoms with Crippen LogP contribution < -0.4 is 10.6 Å². The summed E-state index contributed by atoms with van der Waals surface area (Å²) >= 11 is 7.98. The fourth-order valence-electron chi connectivity index (χ4n) is 2.84. The molecule has 2 aromatic rings. The van der Waals surface area contributed by atoms with E-state index >= 15 is 0 Å². The van der Waals surface area contributed by atoms with Crippen molar-refractivity contribution in [3.63, 3.8) is 0 Å². The number of aromatic nitrogens is 2. The summed E-state index contributed by atoms with van der Waals surface area (Å²) < 4.78 is 5.50. The Balaban J connectivity index is 1.78. The summed E-state index contributed by atoms with van der Waals surface area (Å²) in [5, 5.41) is 6.92. The minimum Gasteiger partial charge on any atom is -0.383 e. The lowest BCUT2D eigenvalue weighted by atomic mass is 10.2. The number of hydrogen-bond donors (Lipinski definition) is 2. The molecular weight excluding hydrogens is 346 g/mol. The van der Waals surface area contributed by atoms with Gasteiger partial charge in [0.05, 0.1) is 19.3 Å². The van der Waals surface area contributed by atoms with E-state index in [-0.39, 0.29) is 6.04 Å². The zero-order chi connectivity index (χ0) is 16.9. The molecule has 0 aromatic carbocycles. The van der Waals surface area contributed by atoms with Crippen LogP contribution in [0.4, 0.5) is 11.5 Å². The van der Waals surface area contributed by atoms with Gasteiger partial charge in [0, 0.05) is 36.4 Å². The molecule has 1 saturated heterocycles. The summed E-state index contributed by atoms with van der Waals surface area (Å²) in [7, 11) is 1.82. The quantitative estimate of drug-likeness (QED) is 0.765. The number of rotatable bonds is 6. The van der Waals surface area contributed by atoms with Crippen LogP contribution in [0.2, 0.25) is 5.15 Å². The van der Waals surface area contributed by atoms with Gasteiger partial charge in [-0.2, -0.15) is 0 Å². The molecule has 130 valence electrons. The summed E-state index contributed by atoms with van der Waals surface area (Å²) in [6.45, 7) is 6.33. The molecule has 0 amide bonds. The summed E-state index contributed by atoms with van der Waals surface area (Å²) in [6, 6.07) is 4.67. The Bertz CT molecular complexity index is 674. The van der Waals surface area contributed by atoms with Crippen molar-refractivity contribution in [2.45, 2.75) is 13.0 Å². The molecule has 1 aliphatic rings. The van der Waals surface area contributed by atoms with Gasteiger partial charge >= 0.3 is 0 Å². The van der Waals surface area contributed by atoms with Crippen molar-refractivity contribution in [2.24, 2.45) is 0 Å². The molecule has 2 N–H and O–H groups in total. The van der Waals surface area contributed by atoms with Gasteiger partial charge in [-0.1, -0.05) is 11.6 Å². The van der Waals surface area contributed by atoms with E-state index in [1.54, 1.807) is 0 Å². The van der Waals surface area contributed by atoms with E-state index in [9.17, 15) is 0 Å². The summed E-state index contributed by atoms with van der Waals surface area (Å²) in [5.74, 6) is 0.726. The highest BCUT2D eigenvalue weighted by Crippen LogP contribution is 2.30. The van der Waals surface area contributed by atoms with Crippen LogP contribution in [0, 0.1) is 6.92 Å². The molecule has 0 radical (unpaired) electrons. The van der Waals surface area contributed by atoms with Crippen LogP contribution in [0.3, 0.4) is 0 Å². The molecule has 2 aromatic heterocycles. The van der Waals surface area contributed by atoms with Crippen LogP contribution in [0.1, 0.15) is 15.8 Å². The number of nitrogens with zero attached hydrogens (tertiary/aromatic N) is 3. The lowest BCUT2D eigenvalue weighted by molar-refractivity contribution is 0.0194. The fraction of sp³-hybridized carbons (Fsp3) is 0.500. The molecule has 1 unspecified atom stereocenters. The van der Waals surface area contributed by atoms with Gasteiger partial charge in [0.2, 0.25) is 0 Å². The normalized spacial score (nSPS) is 16.8. The maximum Gasteiger partial charge on any atom is 0.157 e. The van der Waals surface area contributed by atoms with Gasteiger partial charge in [0.1, 0.15) is 12.0 Å². The van der Waals surface area contributed by atoms with E-state index < -0.39 is 0 Å². The van der Waals surface area contributed by atoms with Crippen molar-refractivity contribution in [3.8, 4) is 0 Å². The molecule has 24 heavy (non-hydrogen) atoms. The standard InChI is InChI=1S/C16H22ClN5OS/c1-11-3-4-13(24-11)12(22-5-7-23-8-6-22)9-19-16-14(18-2)15(17)20-10-21-16/h3-4,10,12,18H,5-9H2,1-2H3,(H,19,20,21). The topological polar surface area (TPSA) is 62.3 Å². The second-order valence-electron chi connectivity index (χ2n) is 5.63. The fourth-order valence-corrected chi connectivity index (χ4v) is 4.08. The lowest BCUT2D eigenvalue weighted by Crippen LogP contribution is -2.41. The van der Waals surface area contributed by atoms with Gasteiger partial charge in [0.15, 0.2) is 11.0 Å². The van der Waals surface area contributed by atoms with Crippen LogP contribution in [0.15, 0.2) is 18.5 Å². The Labute approximate surface area is 151 Å². The van der Waals surface area contributed by atoms with Gasteiger partial charge in [-0.05, 0) is 19.1 Å². The van der Waals surface area contributed by atoms with Crippen LogP contribution in [-0.2, 0) is 4.74 Å². The molecule has 1 atom stereocenters. The Morgan fingerprint density at radius 1 is 1.33 bits per heavy atom. The van der Waals surface area contributed by atoms with Crippen molar-refractivity contribution < 1.29 is 4.74 Å². The molecule has 1 fully saturated rings. The third-order valence-electron chi connectivity index (χ3n) is 4.09. The predicted octanol–water partition coefficient (Wildman–Crippen LogP) is 3.03. The number of thiophene rings is 1. The summed E-state index contributed by atoms with van der Waals surface area (Å²) in [6.07, 6.45) is 1.48. The van der Waals surface area contributed by atoms with Crippen molar-refractivity contribution in [3.05, 3.63) is 33.4 Å². The average Bonchev–Trinajstić information content (AvgIpc) is 3.02. The first-order valence-electron chi connectivity index (χ1n) is 7.99. The van der Waals surface area contributed by atoms with Gasteiger partial charge in [-0.25, -0.2) is 9.97 Å². The van der Waals surface area contributed by atoms with Crippen molar-refractivity contribution in [1.29, 1.82) is 0 Å². The van der Waals surface area contributed by atoms with Gasteiger partial charge in [-0.3, -0.25) is 4.90 Å². The molecular formula is C16H22ClN5OS. The third kappa shape index (κ3) is 3.97. The highest BCUT2D eigenvalue weighted by molar-refractivity contribution is 7.12. The second kappa shape index (κ2) is 8.11. The zero-order valence-electron chi connectivity index (χ0n) is 13.9. The maximum absolute atomic E-state index is 6.14. The molecule has 0 spiro atoms. The minimum absolute atomic E-state index is 0.283. The highest BCUT2D eigenvalue weighted by atomic mass is 35.5. The van der Waals surface area contributed by atoms with Crippen LogP contribution >= 0.6 is 22.9 Å². The number of hydrogen-bond acceptors (Lipinski definition) is 7. The van der Waals surface area contributed by atoms with Gasteiger partial charge in [-0.15, -0.1) is 11.3 Å². The van der Waals surface area contributed by atoms with Crippen LogP contribution in [-0.4, -0.2) is 54.8 Å². The third-order valence-corrected chi connectivity index (χ3v) is 5.48. The molecule has 1 aliphatic heterocycles. The Morgan fingerprint density at radius 3 is 2.79 bits per heavy atom. The van der Waals surface area contributed by atoms with E-state index in [0.29, 0.717) is 5.15 Å². The van der Waals surface area contributed by atoms with Crippen LogP contribution in [0.25, 0.3) is 0 Å². The number of ether oxygens (including phenoxy) is 1. The van der Waals surface area contributed by atoms with Crippen LogP contribution in [0.5, 0.6) is 0 Å². The summed E-state index contributed by atoms with van der Waals surface area (Å²) in [4.78, 5) is 13.5. The Morgan fingerprint density at radius 2 is 2.12 bits per heavy atom. The monoisotopic (exact) mass is 367 g/mol. The van der Waals surface area contributed by atoms with Crippen molar-refractivity contribution >= 4 is 34.4 Å². The van der Waals surface area contributed by atoms with Crippen molar-refractivity contribution in [2.75, 3.05) is 50.5 Å². The largest absolute Gasteiger partial charge is 0.383 e. The number of nitrogens with one attached hydrogen (secondary N) is 2. The second-order valence-corrected chi connectivity index (χ2v) is 7.31. The molecule has 0 saturated carbocycles. The molecule has 6 nitrogen and oxygen atoms in total. The molecule has 0 bridgehead atoms. The highest BCUT2D eigenvalue weighted by Gasteiger charge is 2.24. The van der Waals surface area contributed by atoms with E-state index in [1.807, 2.05) is 18.4 Å². The average molecular weight is 368 g/mol.